The third-order valence-corrected chi connectivity index (χ3v) is 3.53. The lowest BCUT2D eigenvalue weighted by molar-refractivity contribution is 0.121. The van der Waals surface area contributed by atoms with Gasteiger partial charge in [0.25, 0.3) is 0 Å². The van der Waals surface area contributed by atoms with E-state index < -0.39 is 6.16 Å². The van der Waals surface area contributed by atoms with E-state index in [2.05, 4.69) is 4.74 Å². The molecule has 114 valence electrons. The minimum Gasteiger partial charge on any atom is -0.437 e. The lowest BCUT2D eigenvalue weighted by Crippen LogP contribution is -2.08. The van der Waals surface area contributed by atoms with Gasteiger partial charge in [-0.3, -0.25) is 0 Å². The standard InChI is InChI=1S/C20H16O3/c1-22-20(21)23-18-14-8-13-17(15-9-4-2-5-10-15)19(18)16-11-6-3-7-12-16/h2-14H,1H3. The Morgan fingerprint density at radius 1 is 0.739 bits per heavy atom. The molecule has 3 heteroatoms. The van der Waals surface area contributed by atoms with Gasteiger partial charge < -0.3 is 9.47 Å². The molecular formula is C20H16O3. The molecule has 0 spiro atoms. The number of ether oxygens (including phenoxy) is 2. The molecule has 3 nitrogen and oxygen atoms in total. The quantitative estimate of drug-likeness (QED) is 0.495. The fraction of sp³-hybridized carbons (Fsp3) is 0.0500. The number of benzene rings is 3. The molecule has 0 heterocycles. The molecular weight excluding hydrogens is 288 g/mol. The van der Waals surface area contributed by atoms with Crippen LogP contribution in [0, 0.1) is 0 Å². The third kappa shape index (κ3) is 3.24. The van der Waals surface area contributed by atoms with Crippen LogP contribution in [0.15, 0.2) is 78.9 Å². The van der Waals surface area contributed by atoms with Crippen LogP contribution in [-0.4, -0.2) is 13.3 Å². The topological polar surface area (TPSA) is 35.5 Å². The summed E-state index contributed by atoms with van der Waals surface area (Å²) in [7, 11) is 1.30. The Morgan fingerprint density at radius 3 is 1.96 bits per heavy atom. The maximum absolute atomic E-state index is 11.6. The van der Waals surface area contributed by atoms with Crippen molar-refractivity contribution in [1.29, 1.82) is 0 Å². The Balaban J connectivity index is 2.20. The highest BCUT2D eigenvalue weighted by atomic mass is 16.7. The van der Waals surface area contributed by atoms with E-state index in [0.29, 0.717) is 5.75 Å². The van der Waals surface area contributed by atoms with Crippen molar-refractivity contribution in [3.8, 4) is 28.0 Å². The van der Waals surface area contributed by atoms with Gasteiger partial charge in [0.05, 0.1) is 7.11 Å². The van der Waals surface area contributed by atoms with Crippen molar-refractivity contribution in [3.63, 3.8) is 0 Å². The second kappa shape index (κ2) is 6.79. The van der Waals surface area contributed by atoms with Crippen LogP contribution in [0.5, 0.6) is 5.75 Å². The van der Waals surface area contributed by atoms with Gasteiger partial charge in [0.2, 0.25) is 0 Å². The summed E-state index contributed by atoms with van der Waals surface area (Å²) in [4.78, 5) is 11.6. The van der Waals surface area contributed by atoms with E-state index in [1.807, 2.05) is 72.8 Å². The number of rotatable bonds is 3. The summed E-state index contributed by atoms with van der Waals surface area (Å²) in [5.74, 6) is 0.476. The van der Waals surface area contributed by atoms with Crippen molar-refractivity contribution in [2.24, 2.45) is 0 Å². The maximum atomic E-state index is 11.6. The molecule has 0 unspecified atom stereocenters. The minimum absolute atomic E-state index is 0.476. The van der Waals surface area contributed by atoms with Crippen LogP contribution in [0.4, 0.5) is 4.79 Å². The molecule has 0 atom stereocenters. The van der Waals surface area contributed by atoms with E-state index in [1.165, 1.54) is 7.11 Å². The van der Waals surface area contributed by atoms with Crippen LogP contribution in [-0.2, 0) is 4.74 Å². The summed E-state index contributed by atoms with van der Waals surface area (Å²) in [6, 6.07) is 25.5. The summed E-state index contributed by atoms with van der Waals surface area (Å²) in [6.07, 6.45) is -0.729. The molecule has 0 aliphatic heterocycles. The second-order valence-electron chi connectivity index (χ2n) is 4.97. The molecule has 0 aromatic heterocycles. The first-order valence-electron chi connectivity index (χ1n) is 7.29. The van der Waals surface area contributed by atoms with E-state index in [-0.39, 0.29) is 0 Å². The molecule has 3 rings (SSSR count). The average molecular weight is 304 g/mol. The Morgan fingerprint density at radius 2 is 1.35 bits per heavy atom. The van der Waals surface area contributed by atoms with Crippen molar-refractivity contribution < 1.29 is 14.3 Å². The van der Waals surface area contributed by atoms with Crippen LogP contribution in [0.25, 0.3) is 22.3 Å². The van der Waals surface area contributed by atoms with Gasteiger partial charge in [-0.15, -0.1) is 0 Å². The number of hydrogen-bond donors (Lipinski definition) is 0. The predicted octanol–water partition coefficient (Wildman–Crippen LogP) is 5.17. The van der Waals surface area contributed by atoms with E-state index in [9.17, 15) is 4.79 Å². The lowest BCUT2D eigenvalue weighted by Gasteiger charge is -2.15. The molecule has 23 heavy (non-hydrogen) atoms. The van der Waals surface area contributed by atoms with Crippen LogP contribution in [0.2, 0.25) is 0 Å². The van der Waals surface area contributed by atoms with E-state index in [1.54, 1.807) is 6.07 Å². The molecule has 3 aromatic carbocycles. The molecule has 3 aromatic rings. The first-order valence-corrected chi connectivity index (χ1v) is 7.29. The normalized spacial score (nSPS) is 10.1. The molecule has 0 saturated carbocycles. The van der Waals surface area contributed by atoms with Gasteiger partial charge in [0.1, 0.15) is 5.75 Å². The molecule has 0 aliphatic rings. The van der Waals surface area contributed by atoms with Crippen molar-refractivity contribution >= 4 is 6.16 Å². The molecule has 0 N–H and O–H groups in total. The molecule has 0 aliphatic carbocycles. The summed E-state index contributed by atoms with van der Waals surface area (Å²) >= 11 is 0. The first kappa shape index (κ1) is 14.9. The first-order chi connectivity index (χ1) is 11.3. The average Bonchev–Trinajstić information content (AvgIpc) is 2.63. The van der Waals surface area contributed by atoms with E-state index in [4.69, 9.17) is 4.74 Å². The van der Waals surface area contributed by atoms with Crippen molar-refractivity contribution in [2.45, 2.75) is 0 Å². The Kier molecular flexibility index (Phi) is 4.39. The monoisotopic (exact) mass is 304 g/mol. The van der Waals surface area contributed by atoms with Gasteiger partial charge >= 0.3 is 6.16 Å². The predicted molar refractivity (Wildman–Crippen MR) is 90.3 cm³/mol. The van der Waals surface area contributed by atoms with Crippen molar-refractivity contribution in [2.75, 3.05) is 7.11 Å². The fourth-order valence-corrected chi connectivity index (χ4v) is 2.51. The summed E-state index contributed by atoms with van der Waals surface area (Å²) in [5, 5.41) is 0. The van der Waals surface area contributed by atoms with Gasteiger partial charge in [0.15, 0.2) is 0 Å². The molecule has 0 bridgehead atoms. The minimum atomic E-state index is -0.729. The van der Waals surface area contributed by atoms with Crippen LogP contribution < -0.4 is 4.74 Å². The van der Waals surface area contributed by atoms with Crippen LogP contribution in [0.1, 0.15) is 0 Å². The highest BCUT2D eigenvalue weighted by Gasteiger charge is 2.16. The number of carbonyl (C=O) groups excluding carboxylic acids is 1. The highest BCUT2D eigenvalue weighted by molar-refractivity contribution is 5.88. The van der Waals surface area contributed by atoms with Gasteiger partial charge in [0, 0.05) is 5.56 Å². The Labute approximate surface area is 135 Å². The van der Waals surface area contributed by atoms with Crippen LogP contribution in [0.3, 0.4) is 0 Å². The zero-order valence-corrected chi connectivity index (χ0v) is 12.7. The fourth-order valence-electron chi connectivity index (χ4n) is 2.51. The van der Waals surface area contributed by atoms with Crippen molar-refractivity contribution in [1.82, 2.24) is 0 Å². The summed E-state index contributed by atoms with van der Waals surface area (Å²) in [6.45, 7) is 0. The van der Waals surface area contributed by atoms with Gasteiger partial charge in [-0.05, 0) is 22.8 Å². The van der Waals surface area contributed by atoms with Gasteiger partial charge in [-0.2, -0.15) is 0 Å². The summed E-state index contributed by atoms with van der Waals surface area (Å²) in [5.41, 5.74) is 3.90. The molecule has 0 saturated heterocycles. The molecule has 0 radical (unpaired) electrons. The second-order valence-corrected chi connectivity index (χ2v) is 4.97. The molecule has 0 fully saturated rings. The zero-order chi connectivity index (χ0) is 16.1. The van der Waals surface area contributed by atoms with E-state index in [0.717, 1.165) is 22.3 Å². The van der Waals surface area contributed by atoms with Crippen molar-refractivity contribution in [3.05, 3.63) is 78.9 Å². The third-order valence-electron chi connectivity index (χ3n) is 3.53. The maximum Gasteiger partial charge on any atom is 0.513 e. The van der Waals surface area contributed by atoms with Crippen LogP contribution >= 0.6 is 0 Å². The molecule has 0 amide bonds. The van der Waals surface area contributed by atoms with Gasteiger partial charge in [-0.1, -0.05) is 72.8 Å². The lowest BCUT2D eigenvalue weighted by atomic mass is 9.94. The number of hydrogen-bond acceptors (Lipinski definition) is 3. The smallest absolute Gasteiger partial charge is 0.437 e. The van der Waals surface area contributed by atoms with Gasteiger partial charge in [-0.25, -0.2) is 4.79 Å². The SMILES string of the molecule is COC(=O)Oc1cccc(-c2ccccc2)c1-c1ccccc1. The Bertz CT molecular complexity index is 796. The largest absolute Gasteiger partial charge is 0.513 e. The highest BCUT2D eigenvalue weighted by Crippen LogP contribution is 2.39. The number of methoxy groups -OCH3 is 1. The Hall–Kier alpha value is -3.07. The van der Waals surface area contributed by atoms with E-state index >= 15 is 0 Å². The number of carbonyl (C=O) groups is 1. The zero-order valence-electron chi connectivity index (χ0n) is 12.7. The summed E-state index contributed by atoms with van der Waals surface area (Å²) < 4.78 is 9.98.